The molecule has 3 aromatic rings. The Morgan fingerprint density at radius 3 is 2.81 bits per heavy atom. The summed E-state index contributed by atoms with van der Waals surface area (Å²) in [5, 5.41) is 8.28. The molecular formula is C18H16ClN6O+. The standard InChI is InChI=1S/C18H15ClN6O/c1-10-14(16(20)26)15(11-5-4-8-21-9-11)25-18(22-10)23-17(24-25)12-6-2-3-7-13(12)19/h2-9,15H,1H3,(H2,20,26)(H,22,23,24)/p+1. The number of benzene rings is 1. The van der Waals surface area contributed by atoms with Crippen molar-refractivity contribution < 1.29 is 9.78 Å². The van der Waals surface area contributed by atoms with Gasteiger partial charge in [-0.25, -0.2) is 9.67 Å². The number of hydrogen-bond acceptors (Lipinski definition) is 4. The predicted octanol–water partition coefficient (Wildman–Crippen LogP) is 2.19. The van der Waals surface area contributed by atoms with Crippen molar-refractivity contribution in [1.29, 1.82) is 0 Å². The molecule has 4 N–H and O–H groups in total. The topological polar surface area (TPSA) is 100.0 Å². The minimum Gasteiger partial charge on any atom is -0.366 e. The summed E-state index contributed by atoms with van der Waals surface area (Å²) >= 11 is 6.28. The number of carbonyl (C=O) groups excluding carboxylic acids is 1. The van der Waals surface area contributed by atoms with Gasteiger partial charge in [-0.3, -0.25) is 4.79 Å². The molecule has 1 amide bonds. The summed E-state index contributed by atoms with van der Waals surface area (Å²) in [6.07, 6.45) is 3.61. The lowest BCUT2D eigenvalue weighted by Gasteiger charge is -2.26. The molecule has 1 aliphatic rings. The fourth-order valence-corrected chi connectivity index (χ4v) is 3.33. The Labute approximate surface area is 154 Å². The molecule has 0 spiro atoms. The smallest absolute Gasteiger partial charge is 0.248 e. The van der Waals surface area contributed by atoms with Gasteiger partial charge in [0.15, 0.2) is 18.2 Å². The monoisotopic (exact) mass is 367 g/mol. The molecule has 26 heavy (non-hydrogen) atoms. The van der Waals surface area contributed by atoms with E-state index in [1.807, 2.05) is 36.5 Å². The van der Waals surface area contributed by atoms with Crippen molar-refractivity contribution in [3.05, 3.63) is 70.6 Å². The van der Waals surface area contributed by atoms with E-state index in [1.54, 1.807) is 23.9 Å². The van der Waals surface area contributed by atoms with Crippen LogP contribution in [0.3, 0.4) is 0 Å². The van der Waals surface area contributed by atoms with Crippen molar-refractivity contribution in [3.63, 3.8) is 0 Å². The van der Waals surface area contributed by atoms with Gasteiger partial charge in [-0.2, -0.15) is 4.98 Å². The van der Waals surface area contributed by atoms with Crippen molar-refractivity contribution in [2.24, 2.45) is 5.73 Å². The van der Waals surface area contributed by atoms with E-state index >= 15 is 0 Å². The second kappa shape index (κ2) is 6.27. The van der Waals surface area contributed by atoms with Gasteiger partial charge in [-0.15, -0.1) is 5.10 Å². The van der Waals surface area contributed by atoms with E-state index in [1.165, 1.54) is 0 Å². The molecule has 1 aromatic carbocycles. The zero-order chi connectivity index (χ0) is 18.3. The lowest BCUT2D eigenvalue weighted by atomic mass is 9.97. The molecule has 4 rings (SSSR count). The summed E-state index contributed by atoms with van der Waals surface area (Å²) in [7, 11) is 0. The number of nitrogens with one attached hydrogen (secondary N) is 2. The molecule has 0 bridgehead atoms. The first-order chi connectivity index (χ1) is 12.6. The number of carbonyl (C=O) groups is 1. The third kappa shape index (κ3) is 2.62. The van der Waals surface area contributed by atoms with E-state index in [0.29, 0.717) is 28.1 Å². The maximum absolute atomic E-state index is 12.1. The number of nitrogens with zero attached hydrogens (tertiary/aromatic N) is 3. The molecule has 7 nitrogen and oxygen atoms in total. The van der Waals surface area contributed by atoms with Crippen molar-refractivity contribution in [1.82, 2.24) is 14.8 Å². The Bertz CT molecular complexity index is 1030. The Balaban J connectivity index is 1.90. The van der Waals surface area contributed by atoms with Gasteiger partial charge in [0.1, 0.15) is 6.04 Å². The van der Waals surface area contributed by atoms with Crippen LogP contribution in [0.4, 0.5) is 5.95 Å². The van der Waals surface area contributed by atoms with Gasteiger partial charge in [0.2, 0.25) is 11.9 Å². The van der Waals surface area contributed by atoms with Crippen LogP contribution in [-0.4, -0.2) is 20.7 Å². The van der Waals surface area contributed by atoms with Gasteiger partial charge in [0, 0.05) is 22.9 Å². The fraction of sp³-hybridized carbons (Fsp3) is 0.111. The predicted molar refractivity (Wildman–Crippen MR) is 97.1 cm³/mol. The van der Waals surface area contributed by atoms with Gasteiger partial charge in [0.05, 0.1) is 10.6 Å². The van der Waals surface area contributed by atoms with Gasteiger partial charge < -0.3 is 11.1 Å². The number of H-pyrrole nitrogens is 1. The lowest BCUT2D eigenvalue weighted by molar-refractivity contribution is -0.378. The molecule has 8 heteroatoms. The molecule has 1 unspecified atom stereocenters. The third-order valence-corrected chi connectivity index (χ3v) is 4.61. The van der Waals surface area contributed by atoms with E-state index in [9.17, 15) is 4.79 Å². The fourth-order valence-electron chi connectivity index (χ4n) is 3.11. The number of aromatic amines is 1. The van der Waals surface area contributed by atoms with E-state index in [0.717, 1.165) is 11.1 Å². The van der Waals surface area contributed by atoms with E-state index in [2.05, 4.69) is 20.4 Å². The van der Waals surface area contributed by atoms with Gasteiger partial charge in [-0.1, -0.05) is 23.7 Å². The number of halogens is 1. The molecule has 0 aliphatic carbocycles. The minimum absolute atomic E-state index is 0.438. The van der Waals surface area contributed by atoms with Crippen LogP contribution < -0.4 is 16.0 Å². The molecule has 1 aliphatic heterocycles. The molecule has 2 aromatic heterocycles. The maximum Gasteiger partial charge on any atom is 0.248 e. The second-order valence-electron chi connectivity index (χ2n) is 5.95. The molecule has 0 saturated carbocycles. The summed E-state index contributed by atoms with van der Waals surface area (Å²) in [6.45, 7) is 1.80. The summed E-state index contributed by atoms with van der Waals surface area (Å²) < 4.78 is 1.66. The van der Waals surface area contributed by atoms with Crippen molar-refractivity contribution in [2.45, 2.75) is 13.0 Å². The highest BCUT2D eigenvalue weighted by molar-refractivity contribution is 6.33. The third-order valence-electron chi connectivity index (χ3n) is 4.28. The van der Waals surface area contributed by atoms with Crippen LogP contribution in [0.2, 0.25) is 5.02 Å². The number of primary amides is 1. The first-order valence-electron chi connectivity index (χ1n) is 8.01. The number of amides is 1. The molecule has 0 radical (unpaired) electrons. The Morgan fingerprint density at radius 2 is 2.12 bits per heavy atom. The molecule has 3 heterocycles. The van der Waals surface area contributed by atoms with Crippen molar-refractivity contribution >= 4 is 23.5 Å². The summed E-state index contributed by atoms with van der Waals surface area (Å²) in [5.41, 5.74) is 8.31. The average Bonchev–Trinajstić information content (AvgIpc) is 3.04. The van der Waals surface area contributed by atoms with Crippen LogP contribution in [0.1, 0.15) is 18.5 Å². The zero-order valence-corrected chi connectivity index (χ0v) is 14.7. The van der Waals surface area contributed by atoms with Crippen molar-refractivity contribution in [3.8, 4) is 11.4 Å². The zero-order valence-electron chi connectivity index (χ0n) is 13.9. The van der Waals surface area contributed by atoms with Crippen LogP contribution in [-0.2, 0) is 4.79 Å². The maximum atomic E-state index is 12.1. The molecule has 0 fully saturated rings. The van der Waals surface area contributed by atoms with E-state index in [4.69, 9.17) is 17.3 Å². The molecular weight excluding hydrogens is 352 g/mol. The normalized spacial score (nSPS) is 16.2. The molecule has 0 saturated heterocycles. The molecule has 130 valence electrons. The number of pyridine rings is 1. The quantitative estimate of drug-likeness (QED) is 0.741. The first kappa shape index (κ1) is 16.3. The summed E-state index contributed by atoms with van der Waals surface area (Å²) in [4.78, 5) is 19.7. The highest BCUT2D eigenvalue weighted by atomic mass is 35.5. The number of anilines is 1. The Hall–Kier alpha value is -3.19. The first-order valence-corrected chi connectivity index (χ1v) is 8.39. The number of hydrogen-bond donors (Lipinski definition) is 2. The Morgan fingerprint density at radius 1 is 1.31 bits per heavy atom. The minimum atomic E-state index is -0.510. The van der Waals surface area contributed by atoms with E-state index < -0.39 is 11.9 Å². The second-order valence-corrected chi connectivity index (χ2v) is 6.36. The van der Waals surface area contributed by atoms with E-state index in [-0.39, 0.29) is 0 Å². The SMILES string of the molecule is CC1=C(C(N)=O)C(c2ccc[nH+]c2)n2nc(-c3ccccc3Cl)nc2N1. The van der Waals surface area contributed by atoms with Crippen LogP contribution in [0.25, 0.3) is 11.4 Å². The largest absolute Gasteiger partial charge is 0.366 e. The number of aromatic nitrogens is 4. The number of rotatable bonds is 3. The summed E-state index contributed by atoms with van der Waals surface area (Å²) in [5.74, 6) is 0.488. The number of allylic oxidation sites excluding steroid dienone is 1. The number of nitrogens with two attached hydrogens (primary N) is 1. The lowest BCUT2D eigenvalue weighted by Crippen LogP contribution is -2.32. The van der Waals surface area contributed by atoms with Crippen LogP contribution in [0.15, 0.2) is 60.1 Å². The van der Waals surface area contributed by atoms with Gasteiger partial charge in [0.25, 0.3) is 0 Å². The molecule has 1 atom stereocenters. The van der Waals surface area contributed by atoms with Crippen LogP contribution >= 0.6 is 11.6 Å². The highest BCUT2D eigenvalue weighted by Crippen LogP contribution is 2.36. The van der Waals surface area contributed by atoms with Crippen LogP contribution in [0.5, 0.6) is 0 Å². The van der Waals surface area contributed by atoms with Crippen LogP contribution in [0, 0.1) is 0 Å². The van der Waals surface area contributed by atoms with Gasteiger partial charge in [-0.05, 0) is 25.1 Å². The van der Waals surface area contributed by atoms with Gasteiger partial charge >= 0.3 is 0 Å². The number of fused-ring (bicyclic) bond motifs is 1. The van der Waals surface area contributed by atoms with Crippen molar-refractivity contribution in [2.75, 3.05) is 5.32 Å². The Kier molecular flexibility index (Phi) is 3.93. The average molecular weight is 368 g/mol. The highest BCUT2D eigenvalue weighted by Gasteiger charge is 2.34. The summed E-state index contributed by atoms with van der Waals surface area (Å²) in [6, 6.07) is 10.6.